The molecule has 0 unspecified atom stereocenters. The number of nitrogens with zero attached hydrogens (tertiary/aromatic N) is 1. The summed E-state index contributed by atoms with van der Waals surface area (Å²) in [6, 6.07) is 11.4. The molecule has 2 aromatic carbocycles. The minimum Gasteiger partial charge on any atom is -0.497 e. The lowest BCUT2D eigenvalue weighted by Crippen LogP contribution is -2.34. The molecule has 0 atom stereocenters. The first-order valence-electron chi connectivity index (χ1n) is 8.66. The van der Waals surface area contributed by atoms with Gasteiger partial charge in [0.1, 0.15) is 11.5 Å². The van der Waals surface area contributed by atoms with E-state index in [0.717, 1.165) is 13.1 Å². The van der Waals surface area contributed by atoms with E-state index in [-0.39, 0.29) is 16.2 Å². The Morgan fingerprint density at radius 2 is 1.77 bits per heavy atom. The molecule has 2 aromatic rings. The van der Waals surface area contributed by atoms with Crippen molar-refractivity contribution in [1.29, 1.82) is 0 Å². The van der Waals surface area contributed by atoms with Crippen LogP contribution in [-0.4, -0.2) is 27.8 Å². The normalized spacial score (nSPS) is 22.6. The number of methoxy groups -OCH3 is 2. The summed E-state index contributed by atoms with van der Waals surface area (Å²) in [6.07, 6.45) is 0.990. The first-order chi connectivity index (χ1) is 13.9. The number of amidine groups is 1. The molecule has 0 fully saturated rings. The Kier molecular flexibility index (Phi) is 5.12. The molecule has 0 spiro atoms. The number of hydrogen-bond acceptors (Lipinski definition) is 4. The Hall–Kier alpha value is -2.30. The highest BCUT2D eigenvalue weighted by Gasteiger charge is 2.70. The summed E-state index contributed by atoms with van der Waals surface area (Å²) in [7, 11) is -2.32. The summed E-state index contributed by atoms with van der Waals surface area (Å²) < 4.78 is 72.2. The second-order valence-electron chi connectivity index (χ2n) is 6.76. The standard InChI is InChI=1S/C19H21ClF2N2O4S2/c1-14-12-23-19(24-29(25,26)17-7-5-4-6-8-17)30(14,20,21,22)13-15-9-10-16(27-2)11-18(15)28-3/h4-12H,13H2,1-3H3,(H,23,24). The molecule has 3 rings (SSSR count). The van der Waals surface area contributed by atoms with Gasteiger partial charge in [-0.3, -0.25) is 0 Å². The van der Waals surface area contributed by atoms with Crippen molar-refractivity contribution in [3.05, 3.63) is 65.2 Å². The first kappa shape index (κ1) is 22.4. The maximum Gasteiger partial charge on any atom is 0.284 e. The second-order valence-corrected chi connectivity index (χ2v) is 14.7. The molecule has 0 saturated carbocycles. The lowest BCUT2D eigenvalue weighted by molar-refractivity contribution is 0.392. The van der Waals surface area contributed by atoms with E-state index in [4.69, 9.17) is 20.2 Å². The Morgan fingerprint density at radius 3 is 2.37 bits per heavy atom. The van der Waals surface area contributed by atoms with Gasteiger partial charge in [0.15, 0.2) is 0 Å². The van der Waals surface area contributed by atoms with Gasteiger partial charge in [0.05, 0.1) is 33.1 Å². The van der Waals surface area contributed by atoms with Crippen molar-refractivity contribution in [2.45, 2.75) is 17.6 Å². The van der Waals surface area contributed by atoms with E-state index in [1.807, 2.05) is 0 Å². The Morgan fingerprint density at radius 1 is 1.10 bits per heavy atom. The zero-order chi connectivity index (χ0) is 22.3. The quantitative estimate of drug-likeness (QED) is 0.616. The predicted molar refractivity (Wildman–Crippen MR) is 117 cm³/mol. The average Bonchev–Trinajstić information content (AvgIpc) is 2.89. The van der Waals surface area contributed by atoms with Crippen LogP contribution in [0.5, 0.6) is 11.5 Å². The zero-order valence-corrected chi connectivity index (χ0v) is 18.8. The van der Waals surface area contributed by atoms with Gasteiger partial charge >= 0.3 is 0 Å². The van der Waals surface area contributed by atoms with Crippen LogP contribution in [0.15, 0.2) is 68.9 Å². The van der Waals surface area contributed by atoms with Crippen molar-refractivity contribution >= 4 is 34.2 Å². The Balaban J connectivity index is 2.17. The minimum atomic E-state index is -6.87. The van der Waals surface area contributed by atoms with Crippen LogP contribution in [0.3, 0.4) is 0 Å². The minimum absolute atomic E-state index is 0.0845. The van der Waals surface area contributed by atoms with Gasteiger partial charge in [-0.2, -0.15) is 16.2 Å². The van der Waals surface area contributed by atoms with Crippen molar-refractivity contribution in [2.24, 2.45) is 4.40 Å². The number of rotatable bonds is 6. The number of benzene rings is 2. The molecule has 30 heavy (non-hydrogen) atoms. The molecule has 11 heteroatoms. The van der Waals surface area contributed by atoms with Gasteiger partial charge in [-0.05, 0) is 35.8 Å². The van der Waals surface area contributed by atoms with Gasteiger partial charge in [0.25, 0.3) is 10.0 Å². The summed E-state index contributed by atoms with van der Waals surface area (Å²) in [5, 5.41) is 1.21. The summed E-state index contributed by atoms with van der Waals surface area (Å²) >= 11 is 0. The number of allylic oxidation sites excluding steroid dienone is 1. The molecule has 1 N–H and O–H groups in total. The number of ether oxygens (including phenoxy) is 2. The SMILES string of the molecule is COc1ccc(CS2(F)(F)(Cl)C(C)=CN/C2=N\S(=O)(=O)c2ccccc2)c(OC)c1. The molecule has 6 nitrogen and oxygen atoms in total. The van der Waals surface area contributed by atoms with E-state index in [0.29, 0.717) is 5.75 Å². The third kappa shape index (κ3) is 3.63. The predicted octanol–water partition coefficient (Wildman–Crippen LogP) is 5.21. The molecule has 0 aromatic heterocycles. The van der Waals surface area contributed by atoms with Gasteiger partial charge in [-0.25, -0.2) is 0 Å². The summed E-state index contributed by atoms with van der Waals surface area (Å²) in [5.41, 5.74) is 0.0845. The van der Waals surface area contributed by atoms with E-state index < -0.39 is 34.1 Å². The fourth-order valence-corrected chi connectivity index (χ4v) is 7.93. The lowest BCUT2D eigenvalue weighted by Gasteiger charge is -2.56. The molecule has 0 amide bonds. The van der Waals surface area contributed by atoms with Crippen LogP contribution in [0, 0.1) is 0 Å². The van der Waals surface area contributed by atoms with Crippen molar-refractivity contribution in [3.8, 4) is 11.5 Å². The summed E-state index contributed by atoms with van der Waals surface area (Å²) in [5.74, 6) is -0.445. The van der Waals surface area contributed by atoms with E-state index in [9.17, 15) is 8.42 Å². The van der Waals surface area contributed by atoms with E-state index >= 15 is 7.77 Å². The summed E-state index contributed by atoms with van der Waals surface area (Å²) in [4.78, 5) is -0.709. The van der Waals surface area contributed by atoms with Crippen LogP contribution in [0.4, 0.5) is 7.77 Å². The van der Waals surface area contributed by atoms with Crippen molar-refractivity contribution in [3.63, 3.8) is 0 Å². The fourth-order valence-electron chi connectivity index (χ4n) is 2.94. The van der Waals surface area contributed by atoms with E-state index in [2.05, 4.69) is 9.71 Å². The van der Waals surface area contributed by atoms with Crippen LogP contribution in [0.2, 0.25) is 0 Å². The molecule has 0 bridgehead atoms. The molecule has 1 heterocycles. The van der Waals surface area contributed by atoms with Crippen molar-refractivity contribution in [1.82, 2.24) is 5.32 Å². The van der Waals surface area contributed by atoms with E-state index in [1.54, 1.807) is 6.07 Å². The molecule has 0 aliphatic carbocycles. The maximum atomic E-state index is 16.6. The van der Waals surface area contributed by atoms with Crippen LogP contribution >= 0.6 is 19.0 Å². The zero-order valence-electron chi connectivity index (χ0n) is 16.4. The number of halogens is 3. The highest BCUT2D eigenvalue weighted by molar-refractivity contribution is 8.83. The lowest BCUT2D eigenvalue weighted by atomic mass is 10.2. The molecule has 164 valence electrons. The number of nitrogens with one attached hydrogen (secondary N) is 1. The Labute approximate surface area is 178 Å². The Bertz CT molecular complexity index is 1170. The van der Waals surface area contributed by atoms with Crippen LogP contribution in [-0.2, 0) is 15.8 Å². The molecule has 1 aliphatic rings. The molecular weight excluding hydrogens is 458 g/mol. The number of sulfonamides is 1. The smallest absolute Gasteiger partial charge is 0.284 e. The largest absolute Gasteiger partial charge is 0.497 e. The fraction of sp³-hybridized carbons (Fsp3) is 0.211. The second kappa shape index (κ2) is 6.86. The third-order valence-corrected chi connectivity index (χ3v) is 11.4. The van der Waals surface area contributed by atoms with Gasteiger partial charge in [0.2, 0.25) is 5.17 Å². The number of hydrogen-bond donors (Lipinski definition) is 1. The summed E-state index contributed by atoms with van der Waals surface area (Å²) in [6.45, 7) is 1.15. The van der Waals surface area contributed by atoms with Gasteiger partial charge in [-0.15, -0.1) is 4.40 Å². The molecule has 0 saturated heterocycles. The van der Waals surface area contributed by atoms with Gasteiger partial charge < -0.3 is 14.8 Å². The first-order valence-corrected chi connectivity index (χ1v) is 13.3. The van der Waals surface area contributed by atoms with E-state index in [1.165, 1.54) is 56.7 Å². The maximum absolute atomic E-state index is 16.6. The molecular formula is C19H21ClF2N2O4S2. The average molecular weight is 479 g/mol. The topological polar surface area (TPSA) is 77.0 Å². The van der Waals surface area contributed by atoms with Gasteiger partial charge in [-0.1, -0.05) is 24.3 Å². The van der Waals surface area contributed by atoms with Crippen molar-refractivity contribution in [2.75, 3.05) is 14.2 Å². The highest BCUT2D eigenvalue weighted by atomic mass is 35.7. The van der Waals surface area contributed by atoms with Crippen LogP contribution in [0.25, 0.3) is 0 Å². The van der Waals surface area contributed by atoms with Crippen LogP contribution in [0.1, 0.15) is 12.5 Å². The van der Waals surface area contributed by atoms with Crippen molar-refractivity contribution < 1.29 is 25.7 Å². The highest BCUT2D eigenvalue weighted by Crippen LogP contribution is 3.03. The van der Waals surface area contributed by atoms with Gasteiger partial charge in [0, 0.05) is 22.7 Å². The monoisotopic (exact) mass is 478 g/mol. The van der Waals surface area contributed by atoms with Crippen LogP contribution < -0.4 is 14.8 Å². The molecule has 1 aliphatic heterocycles. The molecule has 0 radical (unpaired) electrons. The third-order valence-electron chi connectivity index (χ3n) is 4.81.